The Hall–Kier alpha value is -1.60. The average molecular weight is 339 g/mol. The van der Waals surface area contributed by atoms with Crippen LogP contribution in [-0.4, -0.2) is 29.7 Å². The first-order valence-electron chi connectivity index (χ1n) is 7.78. The van der Waals surface area contributed by atoms with Crippen LogP contribution in [-0.2, 0) is 11.3 Å². The molecule has 1 saturated carbocycles. The van der Waals surface area contributed by atoms with Crippen molar-refractivity contribution in [3.8, 4) is 0 Å². The van der Waals surface area contributed by atoms with Crippen molar-refractivity contribution in [3.63, 3.8) is 0 Å². The molecule has 2 amide bonds. The summed E-state index contributed by atoms with van der Waals surface area (Å²) in [4.78, 5) is 24.1. The minimum Gasteiger partial charge on any atom is -0.444 e. The first-order valence-corrected chi connectivity index (χ1v) is 8.66. The van der Waals surface area contributed by atoms with Crippen molar-refractivity contribution in [1.82, 2.24) is 10.6 Å². The highest BCUT2D eigenvalue weighted by Crippen LogP contribution is 2.31. The minimum atomic E-state index is -0.495. The Balaban J connectivity index is 1.82. The first-order chi connectivity index (χ1) is 10.7. The lowest BCUT2D eigenvalue weighted by Gasteiger charge is -2.42. The molecule has 0 unspecified atom stereocenters. The number of carbonyl (C=O) groups is 2. The summed E-state index contributed by atoms with van der Waals surface area (Å²) in [6.07, 6.45) is 2.61. The average Bonchev–Trinajstić information content (AvgIpc) is 2.82. The van der Waals surface area contributed by atoms with Crippen LogP contribution in [0.25, 0.3) is 0 Å². The van der Waals surface area contributed by atoms with Crippen molar-refractivity contribution in [1.29, 1.82) is 0 Å². The molecule has 2 rings (SSSR count). The molecule has 0 saturated heterocycles. The number of ether oxygens (including phenoxy) is 1. The largest absolute Gasteiger partial charge is 0.444 e. The summed E-state index contributed by atoms with van der Waals surface area (Å²) in [6.45, 7) is 6.88. The fourth-order valence-corrected chi connectivity index (χ4v) is 3.34. The van der Waals surface area contributed by atoms with E-state index in [2.05, 4.69) is 10.6 Å². The number of amides is 2. The molecule has 1 aromatic rings. The molecule has 1 fully saturated rings. The summed E-state index contributed by atoms with van der Waals surface area (Å²) in [5.41, 5.74) is 5.06. The highest BCUT2D eigenvalue weighted by molar-refractivity contribution is 7.10. The van der Waals surface area contributed by atoms with Gasteiger partial charge < -0.3 is 21.1 Å². The molecule has 4 N–H and O–H groups in total. The van der Waals surface area contributed by atoms with Gasteiger partial charge in [0.25, 0.3) is 0 Å². The van der Waals surface area contributed by atoms with Gasteiger partial charge in [0, 0.05) is 23.3 Å². The quantitative estimate of drug-likeness (QED) is 0.742. The van der Waals surface area contributed by atoms with Gasteiger partial charge in [-0.25, -0.2) is 4.79 Å². The number of hydrogen-bond donors (Lipinski definition) is 3. The van der Waals surface area contributed by atoms with E-state index in [4.69, 9.17) is 10.5 Å². The van der Waals surface area contributed by atoms with Crippen LogP contribution in [0.1, 0.15) is 55.3 Å². The van der Waals surface area contributed by atoms with Crippen LogP contribution >= 0.6 is 11.3 Å². The molecule has 0 atom stereocenters. The molecule has 0 aliphatic heterocycles. The lowest BCUT2D eigenvalue weighted by Crippen LogP contribution is -2.59. The van der Waals surface area contributed by atoms with Crippen LogP contribution in [0.3, 0.4) is 0 Å². The SMILES string of the molecule is CC(C)(C)OC(=O)NC1(CNCc2cc(C(N)=O)cs2)CCC1. The fraction of sp³-hybridized carbons (Fsp3) is 0.625. The van der Waals surface area contributed by atoms with Gasteiger partial charge >= 0.3 is 6.09 Å². The van der Waals surface area contributed by atoms with Gasteiger partial charge in [0.05, 0.1) is 11.1 Å². The number of carbonyl (C=O) groups excluding carboxylic acids is 2. The van der Waals surface area contributed by atoms with E-state index < -0.39 is 11.5 Å². The van der Waals surface area contributed by atoms with Gasteiger partial charge in [0.2, 0.25) is 5.91 Å². The molecule has 0 spiro atoms. The van der Waals surface area contributed by atoms with Gasteiger partial charge in [0.15, 0.2) is 0 Å². The maximum Gasteiger partial charge on any atom is 0.408 e. The second kappa shape index (κ2) is 6.88. The van der Waals surface area contributed by atoms with Crippen molar-refractivity contribution in [2.24, 2.45) is 5.73 Å². The Morgan fingerprint density at radius 1 is 1.39 bits per heavy atom. The normalized spacial score (nSPS) is 16.5. The van der Waals surface area contributed by atoms with E-state index in [1.807, 2.05) is 20.8 Å². The molecule has 128 valence electrons. The summed E-state index contributed by atoms with van der Waals surface area (Å²) in [6, 6.07) is 1.80. The minimum absolute atomic E-state index is 0.230. The second-order valence-corrected chi connectivity index (χ2v) is 8.03. The summed E-state index contributed by atoms with van der Waals surface area (Å²) >= 11 is 1.50. The molecule has 1 aromatic heterocycles. The third kappa shape index (κ3) is 5.21. The summed E-state index contributed by atoms with van der Waals surface area (Å²) in [5.74, 6) is -0.408. The predicted octanol–water partition coefficient (Wildman–Crippen LogP) is 2.38. The lowest BCUT2D eigenvalue weighted by atomic mass is 9.76. The van der Waals surface area contributed by atoms with Crippen LogP contribution in [0.5, 0.6) is 0 Å². The van der Waals surface area contributed by atoms with Crippen LogP contribution in [0.15, 0.2) is 11.4 Å². The van der Waals surface area contributed by atoms with Crippen molar-refractivity contribution in [2.75, 3.05) is 6.54 Å². The Morgan fingerprint density at radius 3 is 2.57 bits per heavy atom. The van der Waals surface area contributed by atoms with E-state index in [0.29, 0.717) is 18.7 Å². The molecule has 6 nitrogen and oxygen atoms in total. The maximum atomic E-state index is 12.0. The smallest absolute Gasteiger partial charge is 0.408 e. The van der Waals surface area contributed by atoms with Gasteiger partial charge in [-0.3, -0.25) is 4.79 Å². The van der Waals surface area contributed by atoms with Crippen molar-refractivity contribution < 1.29 is 14.3 Å². The maximum absolute atomic E-state index is 12.0. The number of rotatable bonds is 6. The monoisotopic (exact) mass is 339 g/mol. The number of nitrogens with one attached hydrogen (secondary N) is 2. The van der Waals surface area contributed by atoms with Crippen molar-refractivity contribution >= 4 is 23.3 Å². The van der Waals surface area contributed by atoms with Crippen molar-refractivity contribution in [3.05, 3.63) is 21.9 Å². The fourth-order valence-electron chi connectivity index (χ4n) is 2.50. The predicted molar refractivity (Wildman–Crippen MR) is 90.5 cm³/mol. The zero-order valence-electron chi connectivity index (χ0n) is 13.9. The number of nitrogens with two attached hydrogens (primary N) is 1. The summed E-state index contributed by atoms with van der Waals surface area (Å²) in [5, 5.41) is 8.12. The summed E-state index contributed by atoms with van der Waals surface area (Å²) in [7, 11) is 0. The summed E-state index contributed by atoms with van der Waals surface area (Å²) < 4.78 is 5.34. The zero-order chi connectivity index (χ0) is 17.1. The number of hydrogen-bond acceptors (Lipinski definition) is 5. The van der Waals surface area contributed by atoms with Gasteiger partial charge in [-0.2, -0.15) is 0 Å². The van der Waals surface area contributed by atoms with E-state index in [1.165, 1.54) is 11.3 Å². The first kappa shape index (κ1) is 17.7. The Labute approximate surface area is 140 Å². The molecule has 0 aromatic carbocycles. The van der Waals surface area contributed by atoms with Crippen LogP contribution in [0.2, 0.25) is 0 Å². The molecule has 7 heteroatoms. The molecule has 23 heavy (non-hydrogen) atoms. The Morgan fingerprint density at radius 2 is 2.09 bits per heavy atom. The van der Waals surface area contributed by atoms with E-state index >= 15 is 0 Å². The van der Waals surface area contributed by atoms with E-state index in [-0.39, 0.29) is 11.6 Å². The molecule has 1 aliphatic rings. The number of primary amides is 1. The van der Waals surface area contributed by atoms with Gasteiger partial charge in [-0.15, -0.1) is 11.3 Å². The van der Waals surface area contributed by atoms with Gasteiger partial charge in [-0.05, 0) is 46.1 Å². The van der Waals surface area contributed by atoms with Gasteiger partial charge in [0.1, 0.15) is 5.60 Å². The molecule has 1 heterocycles. The van der Waals surface area contributed by atoms with Gasteiger partial charge in [-0.1, -0.05) is 0 Å². The highest BCUT2D eigenvalue weighted by Gasteiger charge is 2.39. The standard InChI is InChI=1S/C16H25N3O3S/c1-15(2,3)22-14(21)19-16(5-4-6-16)10-18-8-12-7-11(9-23-12)13(17)20/h7,9,18H,4-6,8,10H2,1-3H3,(H2,17,20)(H,19,21). The third-order valence-corrected chi connectivity index (χ3v) is 4.71. The van der Waals surface area contributed by atoms with E-state index in [1.54, 1.807) is 11.4 Å². The molecule has 0 bridgehead atoms. The Bertz CT molecular complexity index is 573. The topological polar surface area (TPSA) is 93.4 Å². The highest BCUT2D eigenvalue weighted by atomic mass is 32.1. The number of thiophene rings is 1. The third-order valence-electron chi connectivity index (χ3n) is 3.78. The molecular formula is C16H25N3O3S. The zero-order valence-corrected chi connectivity index (χ0v) is 14.7. The molecule has 0 radical (unpaired) electrons. The van der Waals surface area contributed by atoms with E-state index in [0.717, 1.165) is 24.1 Å². The number of alkyl carbamates (subject to hydrolysis) is 1. The van der Waals surface area contributed by atoms with Crippen LogP contribution in [0, 0.1) is 0 Å². The second-order valence-electron chi connectivity index (χ2n) is 7.03. The lowest BCUT2D eigenvalue weighted by molar-refractivity contribution is 0.0382. The Kier molecular flexibility index (Phi) is 5.31. The van der Waals surface area contributed by atoms with Crippen molar-refractivity contribution in [2.45, 2.75) is 57.7 Å². The molecular weight excluding hydrogens is 314 g/mol. The van der Waals surface area contributed by atoms with Crippen LogP contribution < -0.4 is 16.4 Å². The van der Waals surface area contributed by atoms with E-state index in [9.17, 15) is 9.59 Å². The molecule has 1 aliphatic carbocycles. The van der Waals surface area contributed by atoms with Crippen LogP contribution in [0.4, 0.5) is 4.79 Å².